The average molecular weight is 196 g/mol. The summed E-state index contributed by atoms with van der Waals surface area (Å²) in [5.74, 6) is 0.529. The molecule has 0 aromatic carbocycles. The molecule has 2 unspecified atom stereocenters. The van der Waals surface area contributed by atoms with Crippen LogP contribution in [0.25, 0.3) is 0 Å². The first-order valence-corrected chi connectivity index (χ1v) is 4.24. The Balaban J connectivity index is 2.88. The highest BCUT2D eigenvalue weighted by Crippen LogP contribution is 2.14. The second-order valence-corrected chi connectivity index (χ2v) is 3.20. The summed E-state index contributed by atoms with van der Waals surface area (Å²) in [6.07, 6.45) is 2.39. The molecule has 0 aliphatic rings. The maximum atomic E-state index is 10.3. The zero-order valence-corrected chi connectivity index (χ0v) is 8.04. The summed E-state index contributed by atoms with van der Waals surface area (Å²) >= 11 is 0. The van der Waals surface area contributed by atoms with E-state index in [1.54, 1.807) is 0 Å². The van der Waals surface area contributed by atoms with Crippen LogP contribution in [0, 0.1) is 10.1 Å². The molecule has 76 valence electrons. The Morgan fingerprint density at radius 1 is 1.43 bits per heavy atom. The number of nitrogens with zero attached hydrogens (tertiary/aromatic N) is 3. The number of nitro groups is 1. The molecule has 0 spiro atoms. The van der Waals surface area contributed by atoms with Crippen LogP contribution >= 0.6 is 0 Å². The minimum absolute atomic E-state index is 0.00389. The van der Waals surface area contributed by atoms with Crippen molar-refractivity contribution in [2.24, 2.45) is 5.73 Å². The highest BCUT2D eigenvalue weighted by atomic mass is 16.6. The van der Waals surface area contributed by atoms with Crippen LogP contribution in [-0.4, -0.2) is 20.9 Å². The van der Waals surface area contributed by atoms with Gasteiger partial charge in [0.2, 0.25) is 0 Å². The van der Waals surface area contributed by atoms with E-state index in [1.807, 2.05) is 13.8 Å². The fraction of sp³-hybridized carbons (Fsp3) is 0.500. The van der Waals surface area contributed by atoms with Gasteiger partial charge in [-0.3, -0.25) is 10.1 Å². The molecule has 0 amide bonds. The molecule has 1 aromatic heterocycles. The van der Waals surface area contributed by atoms with Gasteiger partial charge in [0.15, 0.2) is 0 Å². The molecule has 0 aliphatic carbocycles. The first kappa shape index (κ1) is 10.5. The summed E-state index contributed by atoms with van der Waals surface area (Å²) in [7, 11) is 0. The van der Waals surface area contributed by atoms with Gasteiger partial charge in [0.1, 0.15) is 18.2 Å². The van der Waals surface area contributed by atoms with Crippen molar-refractivity contribution in [1.82, 2.24) is 9.97 Å². The molecule has 6 heteroatoms. The van der Waals surface area contributed by atoms with E-state index in [9.17, 15) is 10.1 Å². The minimum Gasteiger partial charge on any atom is -0.327 e. The highest BCUT2D eigenvalue weighted by Gasteiger charge is 2.14. The molecule has 0 aliphatic heterocycles. The molecule has 14 heavy (non-hydrogen) atoms. The third-order valence-corrected chi connectivity index (χ3v) is 2.06. The Hall–Kier alpha value is -1.56. The maximum absolute atomic E-state index is 10.3. The van der Waals surface area contributed by atoms with Crippen LogP contribution in [0.1, 0.15) is 25.6 Å². The fourth-order valence-electron chi connectivity index (χ4n) is 0.896. The van der Waals surface area contributed by atoms with Gasteiger partial charge in [-0.05, 0) is 6.92 Å². The van der Waals surface area contributed by atoms with Crippen LogP contribution in [-0.2, 0) is 0 Å². The monoisotopic (exact) mass is 196 g/mol. The van der Waals surface area contributed by atoms with E-state index in [2.05, 4.69) is 9.97 Å². The number of hydrogen-bond acceptors (Lipinski definition) is 5. The number of nitrogens with two attached hydrogens (primary N) is 1. The lowest BCUT2D eigenvalue weighted by molar-refractivity contribution is -0.385. The lowest BCUT2D eigenvalue weighted by Crippen LogP contribution is -2.24. The van der Waals surface area contributed by atoms with Crippen LogP contribution in [0.2, 0.25) is 0 Å². The molecule has 1 aromatic rings. The predicted molar refractivity (Wildman–Crippen MR) is 50.8 cm³/mol. The Morgan fingerprint density at radius 2 is 1.93 bits per heavy atom. The summed E-state index contributed by atoms with van der Waals surface area (Å²) in [5.41, 5.74) is 5.55. The quantitative estimate of drug-likeness (QED) is 0.570. The predicted octanol–water partition coefficient (Wildman–Crippen LogP) is 0.836. The van der Waals surface area contributed by atoms with Crippen molar-refractivity contribution in [2.75, 3.05) is 0 Å². The Kier molecular flexibility index (Phi) is 3.08. The average Bonchev–Trinajstić information content (AvgIpc) is 2.16. The summed E-state index contributed by atoms with van der Waals surface area (Å²) in [5, 5.41) is 10.3. The maximum Gasteiger partial charge on any atom is 0.305 e. The normalized spacial score (nSPS) is 14.8. The molecular formula is C8H12N4O2. The lowest BCUT2D eigenvalue weighted by atomic mass is 10.0. The standard InChI is InChI=1S/C8H12N4O2/c1-5(6(2)9)8-10-3-7(4-11-8)12(13)14/h3-6H,9H2,1-2H3. The van der Waals surface area contributed by atoms with Gasteiger partial charge in [-0.1, -0.05) is 6.92 Å². The number of hydrogen-bond donors (Lipinski definition) is 1. The van der Waals surface area contributed by atoms with E-state index in [1.165, 1.54) is 12.4 Å². The molecule has 2 atom stereocenters. The van der Waals surface area contributed by atoms with Crippen LogP contribution in [0.5, 0.6) is 0 Å². The third-order valence-electron chi connectivity index (χ3n) is 2.06. The Morgan fingerprint density at radius 3 is 2.29 bits per heavy atom. The molecule has 0 radical (unpaired) electrons. The Labute approximate surface area is 81.3 Å². The van der Waals surface area contributed by atoms with Crippen LogP contribution in [0.15, 0.2) is 12.4 Å². The topological polar surface area (TPSA) is 94.9 Å². The molecule has 0 bridgehead atoms. The van der Waals surface area contributed by atoms with Gasteiger partial charge in [-0.25, -0.2) is 9.97 Å². The smallest absolute Gasteiger partial charge is 0.305 e. The molecule has 2 N–H and O–H groups in total. The van der Waals surface area contributed by atoms with Crippen molar-refractivity contribution >= 4 is 5.69 Å². The number of aromatic nitrogens is 2. The van der Waals surface area contributed by atoms with Gasteiger partial charge in [-0.15, -0.1) is 0 Å². The molecule has 1 rings (SSSR count). The molecule has 0 saturated heterocycles. The van der Waals surface area contributed by atoms with Crippen LogP contribution < -0.4 is 5.73 Å². The second kappa shape index (κ2) is 4.10. The third kappa shape index (κ3) is 2.23. The van der Waals surface area contributed by atoms with Gasteiger partial charge in [-0.2, -0.15) is 0 Å². The lowest BCUT2D eigenvalue weighted by Gasteiger charge is -2.12. The number of rotatable bonds is 3. The molecular weight excluding hydrogens is 184 g/mol. The van der Waals surface area contributed by atoms with E-state index in [4.69, 9.17) is 5.73 Å². The highest BCUT2D eigenvalue weighted by molar-refractivity contribution is 5.21. The van der Waals surface area contributed by atoms with E-state index in [-0.39, 0.29) is 17.6 Å². The van der Waals surface area contributed by atoms with Crippen molar-refractivity contribution in [3.63, 3.8) is 0 Å². The van der Waals surface area contributed by atoms with Gasteiger partial charge in [0.25, 0.3) is 0 Å². The van der Waals surface area contributed by atoms with Crippen molar-refractivity contribution in [2.45, 2.75) is 25.8 Å². The minimum atomic E-state index is -0.527. The molecule has 0 fully saturated rings. The zero-order valence-electron chi connectivity index (χ0n) is 8.04. The van der Waals surface area contributed by atoms with Crippen molar-refractivity contribution in [3.8, 4) is 0 Å². The van der Waals surface area contributed by atoms with Crippen molar-refractivity contribution < 1.29 is 4.92 Å². The molecule has 0 saturated carbocycles. The molecule has 1 heterocycles. The van der Waals surface area contributed by atoms with Gasteiger partial charge < -0.3 is 5.73 Å². The summed E-state index contributed by atoms with van der Waals surface area (Å²) in [6, 6.07) is -0.0727. The van der Waals surface area contributed by atoms with E-state index in [0.29, 0.717) is 5.82 Å². The Bertz CT molecular complexity index is 323. The van der Waals surface area contributed by atoms with Crippen molar-refractivity contribution in [1.29, 1.82) is 0 Å². The summed E-state index contributed by atoms with van der Waals surface area (Å²) < 4.78 is 0. The van der Waals surface area contributed by atoms with Gasteiger partial charge >= 0.3 is 5.69 Å². The SMILES string of the molecule is CC(N)C(C)c1ncc([N+](=O)[O-])cn1. The van der Waals surface area contributed by atoms with E-state index in [0.717, 1.165) is 0 Å². The summed E-state index contributed by atoms with van der Waals surface area (Å²) in [6.45, 7) is 3.72. The summed E-state index contributed by atoms with van der Waals surface area (Å²) in [4.78, 5) is 17.6. The zero-order chi connectivity index (χ0) is 10.7. The van der Waals surface area contributed by atoms with Gasteiger partial charge in [0, 0.05) is 12.0 Å². The largest absolute Gasteiger partial charge is 0.327 e. The van der Waals surface area contributed by atoms with E-state index < -0.39 is 4.92 Å². The first-order valence-electron chi connectivity index (χ1n) is 4.24. The first-order chi connectivity index (χ1) is 6.52. The van der Waals surface area contributed by atoms with E-state index >= 15 is 0 Å². The molecule has 6 nitrogen and oxygen atoms in total. The second-order valence-electron chi connectivity index (χ2n) is 3.20. The van der Waals surface area contributed by atoms with Crippen molar-refractivity contribution in [3.05, 3.63) is 28.3 Å². The van der Waals surface area contributed by atoms with Gasteiger partial charge in [0.05, 0.1) is 4.92 Å². The van der Waals surface area contributed by atoms with Crippen LogP contribution in [0.3, 0.4) is 0 Å². The van der Waals surface area contributed by atoms with Crippen LogP contribution in [0.4, 0.5) is 5.69 Å². The fourth-order valence-corrected chi connectivity index (χ4v) is 0.896.